The molecule has 1 N–H and O–H groups in total. The quantitative estimate of drug-likeness (QED) is 0.759. The number of thiol groups is 1. The summed E-state index contributed by atoms with van der Waals surface area (Å²) >= 11 is 4.52. The molecule has 0 aromatic heterocycles. The number of aryl methyl sites for hydroxylation is 3. The van der Waals surface area contributed by atoms with Crippen molar-refractivity contribution in [2.45, 2.75) is 71.8 Å². The van der Waals surface area contributed by atoms with Crippen LogP contribution in [0.25, 0.3) is 0 Å². The van der Waals surface area contributed by atoms with Crippen LogP contribution in [-0.2, 0) is 19.3 Å². The van der Waals surface area contributed by atoms with Gasteiger partial charge in [0.1, 0.15) is 0 Å². The predicted octanol–water partition coefficient (Wildman–Crippen LogP) is 4.68. The van der Waals surface area contributed by atoms with Gasteiger partial charge < -0.3 is 5.32 Å². The lowest BCUT2D eigenvalue weighted by molar-refractivity contribution is 0.246. The van der Waals surface area contributed by atoms with Gasteiger partial charge in [0.15, 0.2) is 0 Å². The summed E-state index contributed by atoms with van der Waals surface area (Å²) in [4.78, 5) is 12.5. The highest BCUT2D eigenvalue weighted by molar-refractivity contribution is 7.82. The minimum atomic E-state index is -0.0936. The fourth-order valence-electron chi connectivity index (χ4n) is 3.25. The number of rotatable bonds is 5. The van der Waals surface area contributed by atoms with Gasteiger partial charge in [0.05, 0.1) is 5.69 Å². The molecule has 0 unspecified atom stereocenters. The maximum absolute atomic E-state index is 12.5. The van der Waals surface area contributed by atoms with Gasteiger partial charge >= 0.3 is 6.03 Å². The van der Waals surface area contributed by atoms with E-state index in [1.54, 1.807) is 0 Å². The van der Waals surface area contributed by atoms with Gasteiger partial charge in [-0.05, 0) is 48.8 Å². The molecule has 2 rings (SSSR count). The van der Waals surface area contributed by atoms with Gasteiger partial charge in [-0.1, -0.05) is 58.6 Å². The van der Waals surface area contributed by atoms with Crippen molar-refractivity contribution in [3.05, 3.63) is 28.8 Å². The number of anilines is 1. The van der Waals surface area contributed by atoms with Gasteiger partial charge in [-0.15, -0.1) is 0 Å². The van der Waals surface area contributed by atoms with Crippen molar-refractivity contribution in [2.75, 3.05) is 4.31 Å². The number of nitrogens with zero attached hydrogens (tertiary/aromatic N) is 1. The predicted molar refractivity (Wildman–Crippen MR) is 96.8 cm³/mol. The van der Waals surface area contributed by atoms with Crippen LogP contribution in [0.2, 0.25) is 0 Å². The normalized spacial score (nSPS) is 15.1. The molecule has 2 amide bonds. The first kappa shape index (κ1) is 17.2. The third-order valence-electron chi connectivity index (χ3n) is 4.58. The van der Waals surface area contributed by atoms with Gasteiger partial charge in [-0.25, -0.2) is 9.10 Å². The van der Waals surface area contributed by atoms with Crippen LogP contribution in [0.1, 0.15) is 63.1 Å². The zero-order valence-electron chi connectivity index (χ0n) is 14.0. The van der Waals surface area contributed by atoms with Crippen molar-refractivity contribution in [1.82, 2.24) is 5.32 Å². The molecule has 3 nitrogen and oxygen atoms in total. The van der Waals surface area contributed by atoms with E-state index in [1.807, 2.05) is 0 Å². The number of nitrogens with one attached hydrogen (secondary N) is 1. The molecule has 1 aliphatic carbocycles. The second-order valence-corrected chi connectivity index (χ2v) is 6.47. The van der Waals surface area contributed by atoms with Gasteiger partial charge in [-0.3, -0.25) is 0 Å². The highest BCUT2D eigenvalue weighted by Crippen LogP contribution is 2.31. The molecule has 22 heavy (non-hydrogen) atoms. The van der Waals surface area contributed by atoms with Crippen LogP contribution in [0.4, 0.5) is 10.5 Å². The Morgan fingerprint density at radius 2 is 1.68 bits per heavy atom. The van der Waals surface area contributed by atoms with E-state index < -0.39 is 0 Å². The highest BCUT2D eigenvalue weighted by atomic mass is 32.1. The summed E-state index contributed by atoms with van der Waals surface area (Å²) in [5.41, 5.74) is 4.71. The number of benzene rings is 1. The van der Waals surface area contributed by atoms with E-state index in [2.05, 4.69) is 51.0 Å². The minimum absolute atomic E-state index is 0.0936. The summed E-state index contributed by atoms with van der Waals surface area (Å²) in [6, 6.07) is 4.64. The van der Waals surface area contributed by atoms with Crippen molar-refractivity contribution >= 4 is 24.5 Å². The Kier molecular flexibility index (Phi) is 6.18. The van der Waals surface area contributed by atoms with Crippen molar-refractivity contribution in [2.24, 2.45) is 0 Å². The Morgan fingerprint density at radius 3 is 2.14 bits per heavy atom. The van der Waals surface area contributed by atoms with Crippen LogP contribution >= 0.6 is 12.8 Å². The van der Waals surface area contributed by atoms with Crippen LogP contribution in [0.15, 0.2) is 12.1 Å². The first-order valence-electron chi connectivity index (χ1n) is 8.54. The summed E-state index contributed by atoms with van der Waals surface area (Å²) in [7, 11) is 0. The molecule has 1 fully saturated rings. The van der Waals surface area contributed by atoms with E-state index in [9.17, 15) is 4.79 Å². The van der Waals surface area contributed by atoms with Crippen LogP contribution in [-0.4, -0.2) is 12.1 Å². The fraction of sp³-hybridized carbons (Fsp3) is 0.611. The lowest BCUT2D eigenvalue weighted by Gasteiger charge is -2.25. The lowest BCUT2D eigenvalue weighted by Crippen LogP contribution is -2.40. The van der Waals surface area contributed by atoms with Gasteiger partial charge in [-0.2, -0.15) is 0 Å². The molecular formula is C18H28N2OS. The molecule has 1 saturated carbocycles. The largest absolute Gasteiger partial charge is 0.334 e. The number of carbonyl (C=O) groups is 1. The molecule has 0 bridgehead atoms. The van der Waals surface area contributed by atoms with E-state index in [1.165, 1.54) is 33.8 Å². The van der Waals surface area contributed by atoms with Crippen LogP contribution in [0, 0.1) is 0 Å². The standard InChI is InChI=1S/C18H28N2OS/c1-4-13-11-14(5-2)17(15(6-3)12-13)20(22)18(21)19-16-9-7-8-10-16/h11-12,16,22H,4-10H2,1-3H3,(H,19,21). The SMILES string of the molecule is CCc1cc(CC)c(N(S)C(=O)NC2CCCC2)c(CC)c1. The van der Waals surface area contributed by atoms with E-state index >= 15 is 0 Å². The molecule has 4 heteroatoms. The molecule has 0 aliphatic heterocycles. The summed E-state index contributed by atoms with van der Waals surface area (Å²) in [6.45, 7) is 6.43. The van der Waals surface area contributed by atoms with Crippen molar-refractivity contribution in [3.63, 3.8) is 0 Å². The summed E-state index contributed by atoms with van der Waals surface area (Å²) in [5, 5.41) is 3.12. The molecule has 1 aromatic rings. The molecule has 0 spiro atoms. The molecule has 1 aromatic carbocycles. The summed E-state index contributed by atoms with van der Waals surface area (Å²) in [6.07, 6.45) is 7.42. The Hall–Kier alpha value is -1.16. The van der Waals surface area contributed by atoms with Gasteiger partial charge in [0.25, 0.3) is 0 Å². The van der Waals surface area contributed by atoms with E-state index in [4.69, 9.17) is 0 Å². The van der Waals surface area contributed by atoms with Crippen molar-refractivity contribution in [1.29, 1.82) is 0 Å². The minimum Gasteiger partial charge on any atom is -0.334 e. The second kappa shape index (κ2) is 7.91. The van der Waals surface area contributed by atoms with E-state index in [-0.39, 0.29) is 6.03 Å². The number of hydrogen-bond donors (Lipinski definition) is 2. The maximum Gasteiger partial charge on any atom is 0.332 e. The zero-order valence-corrected chi connectivity index (χ0v) is 14.9. The van der Waals surface area contributed by atoms with E-state index in [0.29, 0.717) is 6.04 Å². The van der Waals surface area contributed by atoms with Crippen molar-refractivity contribution < 1.29 is 4.79 Å². The monoisotopic (exact) mass is 320 g/mol. The Morgan fingerprint density at radius 1 is 1.14 bits per heavy atom. The van der Waals surface area contributed by atoms with Crippen LogP contribution < -0.4 is 9.62 Å². The summed E-state index contributed by atoms with van der Waals surface area (Å²) < 4.78 is 1.52. The second-order valence-electron chi connectivity index (χ2n) is 6.07. The first-order valence-corrected chi connectivity index (χ1v) is 8.94. The van der Waals surface area contributed by atoms with Crippen LogP contribution in [0.3, 0.4) is 0 Å². The molecule has 0 heterocycles. The molecule has 0 saturated heterocycles. The molecular weight excluding hydrogens is 292 g/mol. The fourth-order valence-corrected chi connectivity index (χ4v) is 3.57. The number of urea groups is 1. The van der Waals surface area contributed by atoms with Gasteiger partial charge in [0, 0.05) is 6.04 Å². The molecule has 0 radical (unpaired) electrons. The Labute approximate surface area is 140 Å². The molecule has 122 valence electrons. The van der Waals surface area contributed by atoms with E-state index in [0.717, 1.165) is 37.8 Å². The van der Waals surface area contributed by atoms with Crippen molar-refractivity contribution in [3.8, 4) is 0 Å². The van der Waals surface area contributed by atoms with Gasteiger partial charge in [0.2, 0.25) is 0 Å². The molecule has 1 aliphatic rings. The summed E-state index contributed by atoms with van der Waals surface area (Å²) in [5.74, 6) is 0. The molecule has 0 atom stereocenters. The number of carbonyl (C=O) groups excluding carboxylic acids is 1. The number of hydrogen-bond acceptors (Lipinski definition) is 2. The Bertz CT molecular complexity index is 499. The van der Waals surface area contributed by atoms with Crippen LogP contribution in [0.5, 0.6) is 0 Å². The highest BCUT2D eigenvalue weighted by Gasteiger charge is 2.23. The Balaban J connectivity index is 2.26. The third kappa shape index (κ3) is 3.78. The topological polar surface area (TPSA) is 32.3 Å². The third-order valence-corrected chi connectivity index (χ3v) is 4.97. The maximum atomic E-state index is 12.5. The zero-order chi connectivity index (χ0) is 16.1. The average Bonchev–Trinajstić information content (AvgIpc) is 3.05. The average molecular weight is 321 g/mol. The lowest BCUT2D eigenvalue weighted by atomic mass is 9.98. The number of amides is 2. The first-order chi connectivity index (χ1) is 10.6. The smallest absolute Gasteiger partial charge is 0.332 e.